The van der Waals surface area contributed by atoms with Gasteiger partial charge in [-0.2, -0.15) is 0 Å². The SMILES string of the molecule is CCCN(CC(=O)NC)C(c1ccc(C)cc1)C(C)N. The van der Waals surface area contributed by atoms with Crippen molar-refractivity contribution in [2.45, 2.75) is 39.3 Å². The Morgan fingerprint density at radius 1 is 1.35 bits per heavy atom. The van der Waals surface area contributed by atoms with Crippen LogP contribution in [-0.4, -0.2) is 37.0 Å². The molecule has 1 aromatic rings. The second kappa shape index (κ2) is 8.02. The number of aryl methyl sites for hydroxylation is 1. The number of carbonyl (C=O) groups is 1. The van der Waals surface area contributed by atoms with Gasteiger partial charge in [0.2, 0.25) is 5.91 Å². The van der Waals surface area contributed by atoms with Crippen molar-refractivity contribution >= 4 is 5.91 Å². The molecule has 1 amide bonds. The highest BCUT2D eigenvalue weighted by molar-refractivity contribution is 5.77. The normalized spacial score (nSPS) is 14.1. The molecule has 0 saturated heterocycles. The van der Waals surface area contributed by atoms with E-state index in [-0.39, 0.29) is 18.0 Å². The summed E-state index contributed by atoms with van der Waals surface area (Å²) in [4.78, 5) is 13.9. The van der Waals surface area contributed by atoms with Crippen molar-refractivity contribution in [3.63, 3.8) is 0 Å². The van der Waals surface area contributed by atoms with Crippen molar-refractivity contribution in [1.82, 2.24) is 10.2 Å². The zero-order valence-corrected chi connectivity index (χ0v) is 13.0. The number of carbonyl (C=O) groups excluding carboxylic acids is 1. The average molecular weight is 277 g/mol. The van der Waals surface area contributed by atoms with Crippen LogP contribution >= 0.6 is 0 Å². The molecule has 3 N–H and O–H groups in total. The molecule has 1 aromatic carbocycles. The van der Waals surface area contributed by atoms with Crippen LogP contribution in [-0.2, 0) is 4.79 Å². The lowest BCUT2D eigenvalue weighted by molar-refractivity contribution is -0.122. The Morgan fingerprint density at radius 3 is 2.40 bits per heavy atom. The second-order valence-corrected chi connectivity index (χ2v) is 5.36. The molecule has 20 heavy (non-hydrogen) atoms. The smallest absolute Gasteiger partial charge is 0.233 e. The summed E-state index contributed by atoms with van der Waals surface area (Å²) in [6, 6.07) is 8.43. The summed E-state index contributed by atoms with van der Waals surface area (Å²) in [6.45, 7) is 7.41. The number of hydrogen-bond acceptors (Lipinski definition) is 3. The maximum absolute atomic E-state index is 11.7. The van der Waals surface area contributed by atoms with E-state index < -0.39 is 0 Å². The fourth-order valence-electron chi connectivity index (χ4n) is 2.48. The highest BCUT2D eigenvalue weighted by Crippen LogP contribution is 2.24. The lowest BCUT2D eigenvalue weighted by Gasteiger charge is -2.34. The highest BCUT2D eigenvalue weighted by atomic mass is 16.1. The van der Waals surface area contributed by atoms with E-state index in [1.807, 2.05) is 6.92 Å². The van der Waals surface area contributed by atoms with Crippen LogP contribution in [0.3, 0.4) is 0 Å². The molecular weight excluding hydrogens is 250 g/mol. The Balaban J connectivity index is 3.00. The maximum Gasteiger partial charge on any atom is 0.233 e. The maximum atomic E-state index is 11.7. The fourth-order valence-corrected chi connectivity index (χ4v) is 2.48. The molecule has 2 atom stereocenters. The van der Waals surface area contributed by atoms with Crippen molar-refractivity contribution in [3.05, 3.63) is 35.4 Å². The molecule has 0 radical (unpaired) electrons. The van der Waals surface area contributed by atoms with Crippen molar-refractivity contribution in [2.75, 3.05) is 20.1 Å². The van der Waals surface area contributed by atoms with Gasteiger partial charge in [-0.1, -0.05) is 36.8 Å². The third-order valence-corrected chi connectivity index (χ3v) is 3.45. The summed E-state index contributed by atoms with van der Waals surface area (Å²) in [6.07, 6.45) is 0.992. The first kappa shape index (κ1) is 16.7. The van der Waals surface area contributed by atoms with Gasteiger partial charge in [-0.05, 0) is 32.4 Å². The van der Waals surface area contributed by atoms with E-state index in [9.17, 15) is 4.79 Å². The van der Waals surface area contributed by atoms with E-state index >= 15 is 0 Å². The minimum atomic E-state index is -0.0334. The van der Waals surface area contributed by atoms with E-state index in [4.69, 9.17) is 5.73 Å². The molecule has 0 heterocycles. The van der Waals surface area contributed by atoms with Crippen molar-refractivity contribution in [2.24, 2.45) is 5.73 Å². The van der Waals surface area contributed by atoms with Crippen LogP contribution in [0.2, 0.25) is 0 Å². The lowest BCUT2D eigenvalue weighted by Crippen LogP contribution is -2.44. The van der Waals surface area contributed by atoms with Gasteiger partial charge in [0.05, 0.1) is 12.6 Å². The molecule has 112 valence electrons. The third-order valence-electron chi connectivity index (χ3n) is 3.45. The third kappa shape index (κ3) is 4.62. The van der Waals surface area contributed by atoms with Gasteiger partial charge in [0, 0.05) is 13.1 Å². The molecule has 1 rings (SSSR count). The van der Waals surface area contributed by atoms with Crippen molar-refractivity contribution in [3.8, 4) is 0 Å². The Morgan fingerprint density at radius 2 is 1.95 bits per heavy atom. The molecule has 0 aliphatic rings. The van der Waals surface area contributed by atoms with Gasteiger partial charge in [-0.3, -0.25) is 9.69 Å². The Kier molecular flexibility index (Phi) is 6.68. The van der Waals surface area contributed by atoms with E-state index in [1.54, 1.807) is 7.05 Å². The van der Waals surface area contributed by atoms with Crippen LogP contribution in [0, 0.1) is 6.92 Å². The molecule has 2 unspecified atom stereocenters. The zero-order chi connectivity index (χ0) is 15.1. The zero-order valence-electron chi connectivity index (χ0n) is 13.0. The molecule has 0 saturated carbocycles. The summed E-state index contributed by atoms with van der Waals surface area (Å²) in [5.41, 5.74) is 8.58. The van der Waals surface area contributed by atoms with Crippen molar-refractivity contribution < 1.29 is 4.79 Å². The first-order valence-electron chi connectivity index (χ1n) is 7.26. The van der Waals surface area contributed by atoms with Gasteiger partial charge in [-0.25, -0.2) is 0 Å². The van der Waals surface area contributed by atoms with Crippen LogP contribution in [0.5, 0.6) is 0 Å². The Hall–Kier alpha value is -1.39. The summed E-state index contributed by atoms with van der Waals surface area (Å²) >= 11 is 0. The van der Waals surface area contributed by atoms with Crippen LogP contribution in [0.15, 0.2) is 24.3 Å². The molecule has 4 heteroatoms. The standard InChI is InChI=1S/C16H27N3O/c1-5-10-19(11-15(20)18-4)16(13(3)17)14-8-6-12(2)7-9-14/h6-9,13,16H,5,10-11,17H2,1-4H3,(H,18,20). The van der Waals surface area contributed by atoms with Crippen LogP contribution in [0.1, 0.15) is 37.4 Å². The number of hydrogen-bond donors (Lipinski definition) is 2. The van der Waals surface area contributed by atoms with Gasteiger partial charge < -0.3 is 11.1 Å². The molecule has 0 aromatic heterocycles. The first-order valence-corrected chi connectivity index (χ1v) is 7.26. The van der Waals surface area contributed by atoms with E-state index in [0.29, 0.717) is 6.54 Å². The monoisotopic (exact) mass is 277 g/mol. The number of rotatable bonds is 7. The molecule has 4 nitrogen and oxygen atoms in total. The van der Waals surface area contributed by atoms with E-state index in [0.717, 1.165) is 13.0 Å². The predicted molar refractivity (Wildman–Crippen MR) is 83.5 cm³/mol. The topological polar surface area (TPSA) is 58.4 Å². The fraction of sp³-hybridized carbons (Fsp3) is 0.562. The number of amides is 1. The first-order chi connectivity index (χ1) is 9.49. The second-order valence-electron chi connectivity index (χ2n) is 5.36. The number of nitrogens with one attached hydrogen (secondary N) is 1. The van der Waals surface area contributed by atoms with Gasteiger partial charge in [0.25, 0.3) is 0 Å². The average Bonchev–Trinajstić information content (AvgIpc) is 2.41. The molecule has 0 bridgehead atoms. The van der Waals surface area contributed by atoms with E-state index in [2.05, 4.69) is 48.3 Å². The minimum Gasteiger partial charge on any atom is -0.358 e. The number of likely N-dealkylation sites (N-methyl/N-ethyl adjacent to an activating group) is 1. The summed E-state index contributed by atoms with van der Waals surface area (Å²) in [7, 11) is 1.67. The Labute approximate surface area is 122 Å². The molecular formula is C16H27N3O. The molecule has 0 aliphatic heterocycles. The van der Waals surface area contributed by atoms with Crippen molar-refractivity contribution in [1.29, 1.82) is 0 Å². The van der Waals surface area contributed by atoms with Crippen LogP contribution in [0.4, 0.5) is 0 Å². The highest BCUT2D eigenvalue weighted by Gasteiger charge is 2.25. The lowest BCUT2D eigenvalue weighted by atomic mass is 9.98. The molecule has 0 fully saturated rings. The minimum absolute atomic E-state index is 0.0243. The Bertz CT molecular complexity index is 414. The number of benzene rings is 1. The molecule has 0 spiro atoms. The quantitative estimate of drug-likeness (QED) is 0.799. The van der Waals surface area contributed by atoms with Crippen LogP contribution in [0.25, 0.3) is 0 Å². The number of nitrogens with zero attached hydrogens (tertiary/aromatic N) is 1. The van der Waals surface area contributed by atoms with Gasteiger partial charge in [0.15, 0.2) is 0 Å². The summed E-state index contributed by atoms with van der Waals surface area (Å²) in [5, 5.41) is 2.69. The summed E-state index contributed by atoms with van der Waals surface area (Å²) < 4.78 is 0. The van der Waals surface area contributed by atoms with Crippen LogP contribution < -0.4 is 11.1 Å². The van der Waals surface area contributed by atoms with Gasteiger partial charge in [0.1, 0.15) is 0 Å². The van der Waals surface area contributed by atoms with Gasteiger partial charge in [-0.15, -0.1) is 0 Å². The molecule has 0 aliphatic carbocycles. The van der Waals surface area contributed by atoms with Gasteiger partial charge >= 0.3 is 0 Å². The predicted octanol–water partition coefficient (Wildman–Crippen LogP) is 1.84. The summed E-state index contributed by atoms with van der Waals surface area (Å²) in [5.74, 6) is 0.0243. The largest absolute Gasteiger partial charge is 0.358 e. The number of nitrogens with two attached hydrogens (primary N) is 1. The van der Waals surface area contributed by atoms with E-state index in [1.165, 1.54) is 11.1 Å².